The van der Waals surface area contributed by atoms with Crippen molar-refractivity contribution in [3.8, 4) is 0 Å². The Morgan fingerprint density at radius 3 is 2.62 bits per heavy atom. The molecule has 122 valence electrons. The van der Waals surface area contributed by atoms with Crippen LogP contribution in [0.15, 0.2) is 46.1 Å². The molecule has 0 saturated carbocycles. The van der Waals surface area contributed by atoms with Crippen LogP contribution in [0.5, 0.6) is 0 Å². The number of nitrogens with zero attached hydrogens (tertiary/aromatic N) is 4. The van der Waals surface area contributed by atoms with Gasteiger partial charge in [-0.2, -0.15) is 0 Å². The number of hydrogen-bond acceptors (Lipinski definition) is 5. The van der Waals surface area contributed by atoms with Gasteiger partial charge in [-0.3, -0.25) is 23.7 Å². The summed E-state index contributed by atoms with van der Waals surface area (Å²) in [7, 11) is 2.91. The lowest BCUT2D eigenvalue weighted by atomic mass is 10.2. The molecule has 3 aromatic rings. The van der Waals surface area contributed by atoms with Crippen LogP contribution >= 0.6 is 0 Å². The maximum Gasteiger partial charge on any atom is 0.332 e. The summed E-state index contributed by atoms with van der Waals surface area (Å²) in [5.41, 5.74) is 0.0790. The molecular formula is C16H15N5O3. The van der Waals surface area contributed by atoms with Crippen molar-refractivity contribution in [1.29, 1.82) is 0 Å². The van der Waals surface area contributed by atoms with E-state index in [1.54, 1.807) is 18.3 Å². The zero-order valence-corrected chi connectivity index (χ0v) is 13.2. The highest BCUT2D eigenvalue weighted by Crippen LogP contribution is 2.06. The molecule has 3 heterocycles. The zero-order valence-electron chi connectivity index (χ0n) is 13.2. The van der Waals surface area contributed by atoms with Crippen LogP contribution in [0.3, 0.4) is 0 Å². The molecule has 3 aromatic heterocycles. The maximum absolute atomic E-state index is 12.2. The molecule has 0 saturated heterocycles. The van der Waals surface area contributed by atoms with Gasteiger partial charge in [-0.15, -0.1) is 0 Å². The Morgan fingerprint density at radius 2 is 1.92 bits per heavy atom. The van der Waals surface area contributed by atoms with Crippen molar-refractivity contribution >= 4 is 16.9 Å². The summed E-state index contributed by atoms with van der Waals surface area (Å²) in [6.45, 7) is 0.259. The van der Waals surface area contributed by atoms with Crippen LogP contribution in [-0.4, -0.2) is 25.0 Å². The lowest BCUT2D eigenvalue weighted by molar-refractivity contribution is 0.0945. The van der Waals surface area contributed by atoms with Crippen molar-refractivity contribution in [3.63, 3.8) is 0 Å². The van der Waals surface area contributed by atoms with Gasteiger partial charge < -0.3 is 5.32 Å². The number of fused-ring (bicyclic) bond motifs is 1. The number of rotatable bonds is 3. The molecule has 24 heavy (non-hydrogen) atoms. The lowest BCUT2D eigenvalue weighted by Gasteiger charge is -2.08. The molecule has 1 amide bonds. The molecule has 3 rings (SSSR count). The van der Waals surface area contributed by atoms with Gasteiger partial charge in [0.05, 0.1) is 17.6 Å². The molecule has 0 unspecified atom stereocenters. The standard InChI is InChI=1S/C16H15N5O3/c1-20-13-11(15(23)21(2)16(20)24)6-7-12(19-13)14(22)18-9-10-5-3-4-8-17-10/h3-8H,9H2,1-2H3,(H,18,22). The average Bonchev–Trinajstić information content (AvgIpc) is 2.63. The molecule has 8 nitrogen and oxygen atoms in total. The van der Waals surface area contributed by atoms with Gasteiger partial charge in [0, 0.05) is 20.3 Å². The molecule has 0 fully saturated rings. The summed E-state index contributed by atoms with van der Waals surface area (Å²) in [4.78, 5) is 44.6. The number of pyridine rings is 2. The van der Waals surface area contributed by atoms with Gasteiger partial charge in [0.15, 0.2) is 0 Å². The van der Waals surface area contributed by atoms with Gasteiger partial charge >= 0.3 is 5.69 Å². The molecule has 0 radical (unpaired) electrons. The minimum atomic E-state index is -0.494. The van der Waals surface area contributed by atoms with E-state index in [2.05, 4.69) is 15.3 Å². The number of aromatic nitrogens is 4. The van der Waals surface area contributed by atoms with Crippen molar-refractivity contribution in [2.24, 2.45) is 14.1 Å². The smallest absolute Gasteiger partial charge is 0.332 e. The van der Waals surface area contributed by atoms with Gasteiger partial charge in [-0.05, 0) is 24.3 Å². The highest BCUT2D eigenvalue weighted by atomic mass is 16.2. The third-order valence-corrected chi connectivity index (χ3v) is 3.69. The molecule has 0 aliphatic heterocycles. The highest BCUT2D eigenvalue weighted by Gasteiger charge is 2.13. The normalized spacial score (nSPS) is 10.8. The molecule has 8 heteroatoms. The average molecular weight is 325 g/mol. The minimum absolute atomic E-state index is 0.127. The number of aryl methyl sites for hydroxylation is 1. The Labute approximate surface area is 136 Å². The van der Waals surface area contributed by atoms with Gasteiger partial charge in [0.25, 0.3) is 11.5 Å². The van der Waals surface area contributed by atoms with Gasteiger partial charge in [0.1, 0.15) is 11.3 Å². The van der Waals surface area contributed by atoms with Crippen LogP contribution in [0, 0.1) is 0 Å². The molecule has 0 aromatic carbocycles. The monoisotopic (exact) mass is 325 g/mol. The second kappa shape index (κ2) is 6.07. The fraction of sp³-hybridized carbons (Fsp3) is 0.188. The van der Waals surface area contributed by atoms with Crippen molar-refractivity contribution in [1.82, 2.24) is 24.4 Å². The van der Waals surface area contributed by atoms with Crippen LogP contribution in [0.1, 0.15) is 16.2 Å². The van der Waals surface area contributed by atoms with Crippen LogP contribution < -0.4 is 16.6 Å². The Kier molecular flexibility index (Phi) is 3.95. The van der Waals surface area contributed by atoms with Crippen molar-refractivity contribution in [2.45, 2.75) is 6.54 Å². The Bertz CT molecular complexity index is 1040. The maximum atomic E-state index is 12.2. The van der Waals surface area contributed by atoms with E-state index in [-0.39, 0.29) is 23.3 Å². The third kappa shape index (κ3) is 2.69. The summed E-state index contributed by atoms with van der Waals surface area (Å²) in [6, 6.07) is 8.37. The molecule has 0 aliphatic carbocycles. The molecule has 0 spiro atoms. The van der Waals surface area contributed by atoms with Crippen LogP contribution in [0.25, 0.3) is 11.0 Å². The fourth-order valence-corrected chi connectivity index (χ4v) is 2.34. The zero-order chi connectivity index (χ0) is 17.3. The summed E-state index contributed by atoms with van der Waals surface area (Å²) in [5.74, 6) is -0.407. The van der Waals surface area contributed by atoms with E-state index in [9.17, 15) is 14.4 Å². The largest absolute Gasteiger partial charge is 0.345 e. The topological polar surface area (TPSA) is 98.9 Å². The predicted octanol–water partition coefficient (Wildman–Crippen LogP) is -0.0428. The van der Waals surface area contributed by atoms with E-state index in [4.69, 9.17) is 0 Å². The van der Waals surface area contributed by atoms with Crippen LogP contribution in [-0.2, 0) is 20.6 Å². The quantitative estimate of drug-likeness (QED) is 0.728. The van der Waals surface area contributed by atoms with Crippen molar-refractivity contribution in [2.75, 3.05) is 0 Å². The summed E-state index contributed by atoms with van der Waals surface area (Å²) >= 11 is 0. The Balaban J connectivity index is 1.95. The molecule has 0 atom stereocenters. The molecule has 0 aliphatic rings. The SMILES string of the molecule is Cn1c(=O)c2ccc(C(=O)NCc3ccccn3)nc2n(C)c1=O. The third-order valence-electron chi connectivity index (χ3n) is 3.69. The first kappa shape index (κ1) is 15.6. The van der Waals surface area contributed by atoms with E-state index in [0.717, 1.165) is 4.57 Å². The number of hydrogen-bond donors (Lipinski definition) is 1. The van der Waals surface area contributed by atoms with Crippen molar-refractivity contribution < 1.29 is 4.79 Å². The second-order valence-electron chi connectivity index (χ2n) is 5.28. The summed E-state index contributed by atoms with van der Waals surface area (Å²) in [6.07, 6.45) is 1.64. The summed E-state index contributed by atoms with van der Waals surface area (Å²) < 4.78 is 2.25. The first-order chi connectivity index (χ1) is 11.5. The number of carbonyl (C=O) groups is 1. The predicted molar refractivity (Wildman–Crippen MR) is 87.6 cm³/mol. The van der Waals surface area contributed by atoms with Crippen molar-refractivity contribution in [3.05, 3.63) is 68.8 Å². The van der Waals surface area contributed by atoms with Gasteiger partial charge in [0.2, 0.25) is 0 Å². The second-order valence-corrected chi connectivity index (χ2v) is 5.28. The minimum Gasteiger partial charge on any atom is -0.345 e. The molecular weight excluding hydrogens is 310 g/mol. The molecule has 1 N–H and O–H groups in total. The van der Waals surface area contributed by atoms with E-state index in [0.29, 0.717) is 5.69 Å². The Hall–Kier alpha value is -3.29. The number of amides is 1. The fourth-order valence-electron chi connectivity index (χ4n) is 2.34. The van der Waals surface area contributed by atoms with E-state index < -0.39 is 17.2 Å². The molecule has 0 bridgehead atoms. The lowest BCUT2D eigenvalue weighted by Crippen LogP contribution is -2.37. The number of carbonyl (C=O) groups excluding carboxylic acids is 1. The van der Waals surface area contributed by atoms with Gasteiger partial charge in [-0.1, -0.05) is 6.07 Å². The highest BCUT2D eigenvalue weighted by molar-refractivity contribution is 5.94. The van der Waals surface area contributed by atoms with Crippen LogP contribution in [0.4, 0.5) is 0 Å². The first-order valence-electron chi connectivity index (χ1n) is 7.24. The van der Waals surface area contributed by atoms with E-state index in [1.165, 1.54) is 30.8 Å². The number of nitrogens with one attached hydrogen (secondary N) is 1. The van der Waals surface area contributed by atoms with Gasteiger partial charge in [-0.25, -0.2) is 9.78 Å². The van der Waals surface area contributed by atoms with Crippen LogP contribution in [0.2, 0.25) is 0 Å². The van der Waals surface area contributed by atoms with E-state index in [1.807, 2.05) is 6.07 Å². The summed E-state index contributed by atoms with van der Waals surface area (Å²) in [5, 5.41) is 2.98. The van der Waals surface area contributed by atoms with E-state index >= 15 is 0 Å². The Morgan fingerprint density at radius 1 is 1.12 bits per heavy atom. The first-order valence-corrected chi connectivity index (χ1v) is 7.24.